The van der Waals surface area contributed by atoms with Crippen LogP contribution in [0.2, 0.25) is 0 Å². The largest absolute Gasteiger partial charge is 0.493 e. The Morgan fingerprint density at radius 2 is 2.04 bits per heavy atom. The number of ether oxygens (including phenoxy) is 2. The van der Waals surface area contributed by atoms with E-state index in [2.05, 4.69) is 9.97 Å². The lowest BCUT2D eigenvalue weighted by molar-refractivity contribution is -0.710. The maximum Gasteiger partial charge on any atom is 0.259 e. The minimum atomic E-state index is -0.199. The number of nitrogens with zero attached hydrogens (tertiary/aromatic N) is 1. The van der Waals surface area contributed by atoms with Crippen LogP contribution in [0.5, 0.6) is 11.5 Å². The van der Waals surface area contributed by atoms with Crippen molar-refractivity contribution < 1.29 is 19.2 Å². The second-order valence-electron chi connectivity index (χ2n) is 5.48. The first-order valence-corrected chi connectivity index (χ1v) is 7.64. The van der Waals surface area contributed by atoms with Crippen molar-refractivity contribution in [2.45, 2.75) is 19.5 Å². The van der Waals surface area contributed by atoms with Gasteiger partial charge in [-0.25, -0.2) is 4.98 Å². The van der Waals surface area contributed by atoms with Crippen LogP contribution < -0.4 is 20.3 Å². The molecule has 0 aliphatic carbocycles. The molecule has 3 aromatic rings. The molecule has 0 spiro atoms. The van der Waals surface area contributed by atoms with Crippen LogP contribution in [0.3, 0.4) is 0 Å². The summed E-state index contributed by atoms with van der Waals surface area (Å²) in [6.07, 6.45) is 1.65. The molecule has 2 aromatic heterocycles. The van der Waals surface area contributed by atoms with Crippen molar-refractivity contribution >= 4 is 10.9 Å². The van der Waals surface area contributed by atoms with Gasteiger partial charge in [0.05, 0.1) is 31.4 Å². The second kappa shape index (κ2) is 6.76. The predicted octanol–water partition coefficient (Wildman–Crippen LogP) is 1.36. The summed E-state index contributed by atoms with van der Waals surface area (Å²) in [5.41, 5.74) is 0.375. The quantitative estimate of drug-likeness (QED) is 0.712. The monoisotopic (exact) mass is 330 g/mol. The zero-order valence-electron chi connectivity index (χ0n) is 13.8. The van der Waals surface area contributed by atoms with Crippen molar-refractivity contribution in [3.8, 4) is 11.5 Å². The van der Waals surface area contributed by atoms with Crippen LogP contribution in [0.15, 0.2) is 39.7 Å². The average molecular weight is 330 g/mol. The molecule has 0 amide bonds. The highest BCUT2D eigenvalue weighted by molar-refractivity contribution is 5.81. The number of aromatic nitrogens is 2. The van der Waals surface area contributed by atoms with Gasteiger partial charge < -0.3 is 24.2 Å². The number of methoxy groups -OCH3 is 2. The van der Waals surface area contributed by atoms with Crippen LogP contribution in [0.1, 0.15) is 24.6 Å². The molecule has 0 saturated heterocycles. The second-order valence-corrected chi connectivity index (χ2v) is 5.48. The number of nitrogens with two attached hydrogens (primary N) is 1. The van der Waals surface area contributed by atoms with Gasteiger partial charge in [-0.2, -0.15) is 0 Å². The first-order valence-electron chi connectivity index (χ1n) is 7.64. The highest BCUT2D eigenvalue weighted by atomic mass is 16.5. The summed E-state index contributed by atoms with van der Waals surface area (Å²) in [6, 6.07) is 7.26. The third-order valence-corrected chi connectivity index (χ3v) is 3.92. The van der Waals surface area contributed by atoms with Gasteiger partial charge in [-0.3, -0.25) is 4.79 Å². The van der Waals surface area contributed by atoms with Gasteiger partial charge >= 0.3 is 0 Å². The number of fused-ring (bicyclic) bond motifs is 1. The van der Waals surface area contributed by atoms with E-state index in [1.807, 2.05) is 24.4 Å². The minimum Gasteiger partial charge on any atom is -0.493 e. The van der Waals surface area contributed by atoms with Gasteiger partial charge in [-0.1, -0.05) is 0 Å². The van der Waals surface area contributed by atoms with Crippen LogP contribution in [-0.2, 0) is 6.54 Å². The normalized spacial score (nSPS) is 12.3. The van der Waals surface area contributed by atoms with Crippen LogP contribution in [0, 0.1) is 0 Å². The number of benzene rings is 1. The summed E-state index contributed by atoms with van der Waals surface area (Å²) >= 11 is 0. The Bertz CT molecular complexity index is 887. The molecule has 0 unspecified atom stereocenters. The number of hydrogen-bond acceptors (Lipinski definition) is 5. The first kappa shape index (κ1) is 16.1. The summed E-state index contributed by atoms with van der Waals surface area (Å²) in [4.78, 5) is 19.7. The Hall–Kier alpha value is -2.80. The van der Waals surface area contributed by atoms with E-state index in [4.69, 9.17) is 13.9 Å². The molecule has 0 aliphatic heterocycles. The molecule has 0 aliphatic rings. The zero-order valence-corrected chi connectivity index (χ0v) is 13.8. The molecule has 24 heavy (non-hydrogen) atoms. The minimum absolute atomic E-state index is 0.131. The third-order valence-electron chi connectivity index (χ3n) is 3.92. The number of quaternary nitrogens is 1. The molecular weight excluding hydrogens is 310 g/mol. The molecule has 3 N–H and O–H groups in total. The van der Waals surface area contributed by atoms with E-state index in [1.165, 1.54) is 7.11 Å². The molecule has 0 saturated carbocycles. The fraction of sp³-hybridized carbons (Fsp3) is 0.294. The van der Waals surface area contributed by atoms with Gasteiger partial charge in [0.1, 0.15) is 12.6 Å². The smallest absolute Gasteiger partial charge is 0.259 e. The van der Waals surface area contributed by atoms with Gasteiger partial charge in [0.25, 0.3) is 5.56 Å². The summed E-state index contributed by atoms with van der Waals surface area (Å²) in [7, 11) is 3.08. The fourth-order valence-electron chi connectivity index (χ4n) is 2.57. The Kier molecular flexibility index (Phi) is 4.52. The summed E-state index contributed by atoms with van der Waals surface area (Å²) in [5, 5.41) is 2.51. The van der Waals surface area contributed by atoms with Crippen molar-refractivity contribution in [3.05, 3.63) is 52.5 Å². The van der Waals surface area contributed by atoms with Gasteiger partial charge in [0, 0.05) is 6.07 Å². The number of nitrogens with one attached hydrogen (secondary N) is 1. The maximum absolute atomic E-state index is 12.3. The predicted molar refractivity (Wildman–Crippen MR) is 88.2 cm³/mol. The Balaban J connectivity index is 1.88. The Morgan fingerprint density at radius 3 is 2.71 bits per heavy atom. The molecular formula is C17H20N3O4+. The van der Waals surface area contributed by atoms with E-state index in [0.29, 0.717) is 34.8 Å². The topological polar surface area (TPSA) is 94.0 Å². The van der Waals surface area contributed by atoms with Crippen molar-refractivity contribution in [1.82, 2.24) is 9.97 Å². The van der Waals surface area contributed by atoms with Gasteiger partial charge in [-0.15, -0.1) is 0 Å². The van der Waals surface area contributed by atoms with Crippen molar-refractivity contribution in [2.75, 3.05) is 14.2 Å². The number of aromatic amines is 1. The molecule has 0 radical (unpaired) electrons. The van der Waals surface area contributed by atoms with Gasteiger partial charge in [0.15, 0.2) is 23.1 Å². The molecule has 7 heteroatoms. The maximum atomic E-state index is 12.3. The number of furan rings is 1. The van der Waals surface area contributed by atoms with Crippen LogP contribution >= 0.6 is 0 Å². The zero-order chi connectivity index (χ0) is 17.1. The third kappa shape index (κ3) is 3.11. The number of H-pyrrole nitrogens is 1. The standard InChI is InChI=1S/C17H19N3O4/c1-10(13-5-4-6-24-13)18-9-16-19-12-8-15(23-3)14(22-2)7-11(12)17(21)20-16/h4-8,10,18H,9H2,1-3H3,(H,19,20,21)/p+1/t10-/m0/s1. The first-order chi connectivity index (χ1) is 11.6. The lowest BCUT2D eigenvalue weighted by Crippen LogP contribution is -2.83. The Morgan fingerprint density at radius 1 is 1.29 bits per heavy atom. The van der Waals surface area contributed by atoms with Crippen LogP contribution in [0.4, 0.5) is 0 Å². The summed E-state index contributed by atoms with van der Waals surface area (Å²) in [5.74, 6) is 2.52. The Labute approximate surface area is 138 Å². The van der Waals surface area contributed by atoms with E-state index in [0.717, 1.165) is 5.76 Å². The van der Waals surface area contributed by atoms with E-state index in [9.17, 15) is 4.79 Å². The lowest BCUT2D eigenvalue weighted by atomic mass is 10.2. The summed E-state index contributed by atoms with van der Waals surface area (Å²) < 4.78 is 15.9. The van der Waals surface area contributed by atoms with Crippen molar-refractivity contribution in [2.24, 2.45) is 0 Å². The summed E-state index contributed by atoms with van der Waals surface area (Å²) in [6.45, 7) is 2.56. The van der Waals surface area contributed by atoms with Gasteiger partial charge in [0.2, 0.25) is 0 Å². The van der Waals surface area contributed by atoms with Crippen LogP contribution in [0.25, 0.3) is 10.9 Å². The van der Waals surface area contributed by atoms with E-state index in [-0.39, 0.29) is 11.6 Å². The molecule has 7 nitrogen and oxygen atoms in total. The van der Waals surface area contributed by atoms with E-state index >= 15 is 0 Å². The van der Waals surface area contributed by atoms with E-state index in [1.54, 1.807) is 25.5 Å². The highest BCUT2D eigenvalue weighted by Crippen LogP contribution is 2.29. The van der Waals surface area contributed by atoms with Gasteiger partial charge in [-0.05, 0) is 25.1 Å². The molecule has 1 atom stereocenters. The van der Waals surface area contributed by atoms with Crippen molar-refractivity contribution in [3.63, 3.8) is 0 Å². The number of hydrogen-bond donors (Lipinski definition) is 2. The fourth-order valence-corrected chi connectivity index (χ4v) is 2.57. The molecule has 0 fully saturated rings. The molecule has 0 bridgehead atoms. The van der Waals surface area contributed by atoms with Crippen LogP contribution in [-0.4, -0.2) is 24.2 Å². The highest BCUT2D eigenvalue weighted by Gasteiger charge is 2.14. The molecule has 1 aromatic carbocycles. The number of rotatable bonds is 6. The average Bonchev–Trinajstić information content (AvgIpc) is 3.13. The van der Waals surface area contributed by atoms with Crippen molar-refractivity contribution in [1.29, 1.82) is 0 Å². The molecule has 3 rings (SSSR count). The molecule has 2 heterocycles. The van der Waals surface area contributed by atoms with E-state index < -0.39 is 0 Å². The molecule has 126 valence electrons. The SMILES string of the molecule is COc1cc2nc(C[NH2+][C@@H](C)c3ccco3)[nH]c(=O)c2cc1OC. The lowest BCUT2D eigenvalue weighted by Gasteiger charge is -2.10.